The van der Waals surface area contributed by atoms with Crippen molar-refractivity contribution in [1.82, 2.24) is 5.16 Å². The Hall–Kier alpha value is -2.69. The predicted octanol–water partition coefficient (Wildman–Crippen LogP) is 2.38. The van der Waals surface area contributed by atoms with Gasteiger partial charge in [-0.2, -0.15) is 0 Å². The van der Waals surface area contributed by atoms with Gasteiger partial charge in [-0.05, 0) is 51.3 Å². The van der Waals surface area contributed by atoms with Gasteiger partial charge in [0.05, 0.1) is 16.7 Å². The molecule has 150 valence electrons. The number of aryl methyl sites for hydroxylation is 1. The van der Waals surface area contributed by atoms with Crippen molar-refractivity contribution in [3.8, 4) is 11.8 Å². The summed E-state index contributed by atoms with van der Waals surface area (Å²) in [6.45, 7) is 9.96. The van der Waals surface area contributed by atoms with Crippen molar-refractivity contribution < 1.29 is 19.5 Å². The van der Waals surface area contributed by atoms with E-state index in [0.29, 0.717) is 22.2 Å². The van der Waals surface area contributed by atoms with Crippen LogP contribution in [-0.2, 0) is 4.79 Å². The minimum atomic E-state index is -2.00. The number of rotatable bonds is 5. The van der Waals surface area contributed by atoms with Crippen LogP contribution in [0.15, 0.2) is 27.5 Å². The number of amides is 1. The zero-order valence-corrected chi connectivity index (χ0v) is 17.0. The normalized spacial score (nSPS) is 14.1. The molecule has 1 amide bonds. The van der Waals surface area contributed by atoms with Gasteiger partial charge in [-0.1, -0.05) is 24.9 Å². The van der Waals surface area contributed by atoms with Crippen LogP contribution in [0.25, 0.3) is 10.8 Å². The fourth-order valence-electron chi connectivity index (χ4n) is 2.79. The molecule has 0 spiro atoms. The van der Waals surface area contributed by atoms with E-state index in [1.807, 2.05) is 0 Å². The average Bonchev–Trinajstić information content (AvgIpc) is 2.57. The second-order valence-electron chi connectivity index (χ2n) is 8.12. The Bertz CT molecular complexity index is 1020. The molecule has 0 saturated carbocycles. The maximum atomic E-state index is 12.9. The molecule has 0 saturated heterocycles. The highest BCUT2D eigenvalue weighted by Crippen LogP contribution is 2.38. The first-order valence-electron chi connectivity index (χ1n) is 8.91. The summed E-state index contributed by atoms with van der Waals surface area (Å²) in [6.07, 6.45) is -0.0755. The fourth-order valence-corrected chi connectivity index (χ4v) is 2.79. The lowest BCUT2D eigenvalue weighted by Gasteiger charge is -2.40. The molecule has 0 aliphatic rings. The molecule has 0 aliphatic carbocycles. The number of carbonyl (C=O) groups is 1. The maximum Gasteiger partial charge on any atom is 0.366 e. The Morgan fingerprint density at radius 2 is 1.86 bits per heavy atom. The molecular weight excluding hydrogens is 360 g/mol. The van der Waals surface area contributed by atoms with Crippen LogP contribution in [-0.4, -0.2) is 32.5 Å². The van der Waals surface area contributed by atoms with Crippen LogP contribution in [0.2, 0.25) is 0 Å². The molecule has 0 radical (unpaired) electrons. The van der Waals surface area contributed by atoms with Gasteiger partial charge in [-0.25, -0.2) is 4.79 Å². The van der Waals surface area contributed by atoms with E-state index >= 15 is 0 Å². The summed E-state index contributed by atoms with van der Waals surface area (Å²) in [5.41, 5.74) is -3.64. The molecule has 0 fully saturated rings. The number of nitrogens with zero attached hydrogens (tertiary/aromatic N) is 1. The summed E-state index contributed by atoms with van der Waals surface area (Å²) in [5, 5.41) is 28.6. The number of anilines is 1. The van der Waals surface area contributed by atoms with Gasteiger partial charge in [0.25, 0.3) is 5.91 Å². The van der Waals surface area contributed by atoms with Crippen molar-refractivity contribution in [2.24, 2.45) is 5.41 Å². The van der Waals surface area contributed by atoms with Gasteiger partial charge in [-0.15, -0.1) is 5.92 Å². The lowest BCUT2D eigenvalue weighted by molar-refractivity contribution is -0.135. The standard InChI is InChI=1S/C21H26N2O5/c1-7-10-21(27,12-19(3,4)20(5,6)26)18(25)22-14-8-9-15-16(11-14)13(2)23-28-17(15)24/h8-9,11,26-27H,12H2,1-6H3,(H,22,25). The van der Waals surface area contributed by atoms with E-state index in [9.17, 15) is 19.8 Å². The molecule has 3 N–H and O–H groups in total. The highest BCUT2D eigenvalue weighted by molar-refractivity contribution is 6.01. The fraction of sp³-hybridized carbons (Fsp3) is 0.476. The molecule has 0 aliphatic heterocycles. The number of hydrogen-bond donors (Lipinski definition) is 3. The van der Waals surface area contributed by atoms with E-state index in [4.69, 9.17) is 4.52 Å². The highest BCUT2D eigenvalue weighted by atomic mass is 16.5. The van der Waals surface area contributed by atoms with E-state index in [1.54, 1.807) is 40.7 Å². The zero-order valence-electron chi connectivity index (χ0n) is 17.0. The van der Waals surface area contributed by atoms with Gasteiger partial charge < -0.3 is 20.1 Å². The van der Waals surface area contributed by atoms with Crippen LogP contribution in [0.5, 0.6) is 0 Å². The van der Waals surface area contributed by atoms with Crippen molar-refractivity contribution in [2.75, 3.05) is 5.32 Å². The third kappa shape index (κ3) is 4.24. The Morgan fingerprint density at radius 1 is 1.21 bits per heavy atom. The van der Waals surface area contributed by atoms with Crippen molar-refractivity contribution in [1.29, 1.82) is 0 Å². The van der Waals surface area contributed by atoms with Crippen molar-refractivity contribution >= 4 is 22.4 Å². The van der Waals surface area contributed by atoms with Gasteiger partial charge in [0.2, 0.25) is 5.60 Å². The van der Waals surface area contributed by atoms with Gasteiger partial charge in [0.15, 0.2) is 0 Å². The topological polar surface area (TPSA) is 113 Å². The van der Waals surface area contributed by atoms with Crippen LogP contribution in [0.1, 0.15) is 46.7 Å². The number of hydrogen-bond acceptors (Lipinski definition) is 6. The van der Waals surface area contributed by atoms with Crippen molar-refractivity contribution in [3.63, 3.8) is 0 Å². The molecule has 1 aromatic heterocycles. The summed E-state index contributed by atoms with van der Waals surface area (Å²) in [6, 6.07) is 4.65. The van der Waals surface area contributed by atoms with Crippen molar-refractivity contribution in [3.05, 3.63) is 34.3 Å². The number of carbonyl (C=O) groups excluding carboxylic acids is 1. The molecule has 1 aromatic carbocycles. The van der Waals surface area contributed by atoms with E-state index in [1.165, 1.54) is 19.1 Å². The van der Waals surface area contributed by atoms with Gasteiger partial charge in [-0.3, -0.25) is 4.79 Å². The van der Waals surface area contributed by atoms with Gasteiger partial charge in [0, 0.05) is 17.5 Å². The predicted molar refractivity (Wildman–Crippen MR) is 107 cm³/mol. The SMILES string of the molecule is CC#CC(O)(CC(C)(C)C(C)(C)O)C(=O)Nc1ccc2c(=O)onc(C)c2c1. The molecule has 1 heterocycles. The minimum Gasteiger partial charge on any atom is -0.390 e. The first kappa shape index (κ1) is 21.6. The molecule has 7 nitrogen and oxygen atoms in total. The van der Waals surface area contributed by atoms with Gasteiger partial charge in [0.1, 0.15) is 0 Å². The van der Waals surface area contributed by atoms with Crippen molar-refractivity contribution in [2.45, 2.75) is 59.2 Å². The number of aromatic nitrogens is 1. The second-order valence-corrected chi connectivity index (χ2v) is 8.12. The molecule has 7 heteroatoms. The monoisotopic (exact) mass is 386 g/mol. The largest absolute Gasteiger partial charge is 0.390 e. The Kier molecular flexibility index (Phi) is 5.69. The lowest BCUT2D eigenvalue weighted by atomic mass is 9.70. The second kappa shape index (κ2) is 7.38. The third-order valence-corrected chi connectivity index (χ3v) is 5.21. The minimum absolute atomic E-state index is 0.0755. The molecular formula is C21H26N2O5. The van der Waals surface area contributed by atoms with Crippen LogP contribution < -0.4 is 10.9 Å². The Labute approximate surface area is 163 Å². The zero-order chi connectivity index (χ0) is 21.3. The smallest absolute Gasteiger partial charge is 0.366 e. The summed E-state index contributed by atoms with van der Waals surface area (Å²) in [7, 11) is 0. The average molecular weight is 386 g/mol. The summed E-state index contributed by atoms with van der Waals surface area (Å²) in [4.78, 5) is 24.6. The van der Waals surface area contributed by atoms with Crippen LogP contribution in [0, 0.1) is 24.2 Å². The first-order chi connectivity index (χ1) is 12.8. The third-order valence-electron chi connectivity index (χ3n) is 5.21. The molecule has 0 bridgehead atoms. The quantitative estimate of drug-likeness (QED) is 0.680. The Balaban J connectivity index is 2.39. The number of nitrogens with one attached hydrogen (secondary N) is 1. The van der Waals surface area contributed by atoms with Crippen LogP contribution in [0.4, 0.5) is 5.69 Å². The molecule has 1 atom stereocenters. The van der Waals surface area contributed by atoms with E-state index in [2.05, 4.69) is 22.3 Å². The number of benzene rings is 1. The van der Waals surface area contributed by atoms with Crippen LogP contribution >= 0.6 is 0 Å². The molecule has 2 rings (SSSR count). The Morgan fingerprint density at radius 3 is 2.43 bits per heavy atom. The van der Waals surface area contributed by atoms with E-state index < -0.39 is 28.1 Å². The molecule has 1 unspecified atom stereocenters. The highest BCUT2D eigenvalue weighted by Gasteiger charge is 2.46. The number of fused-ring (bicyclic) bond motifs is 1. The maximum absolute atomic E-state index is 12.9. The van der Waals surface area contributed by atoms with Crippen LogP contribution in [0.3, 0.4) is 0 Å². The van der Waals surface area contributed by atoms with E-state index in [0.717, 1.165) is 0 Å². The first-order valence-corrected chi connectivity index (χ1v) is 8.91. The molecule has 28 heavy (non-hydrogen) atoms. The molecule has 2 aromatic rings. The summed E-state index contributed by atoms with van der Waals surface area (Å²) in [5.74, 6) is 4.44. The summed E-state index contributed by atoms with van der Waals surface area (Å²) < 4.78 is 4.69. The number of aliphatic hydroxyl groups is 2. The lowest BCUT2D eigenvalue weighted by Crippen LogP contribution is -2.50. The summed E-state index contributed by atoms with van der Waals surface area (Å²) >= 11 is 0. The van der Waals surface area contributed by atoms with Gasteiger partial charge >= 0.3 is 5.63 Å². The van der Waals surface area contributed by atoms with E-state index in [-0.39, 0.29) is 6.42 Å².